The average Bonchev–Trinajstić information content (AvgIpc) is 2.53. The molecule has 1 aromatic heterocycles. The summed E-state index contributed by atoms with van der Waals surface area (Å²) in [5, 5.41) is 0. The maximum absolute atomic E-state index is 4.14. The Balaban J connectivity index is -0.000000422. The van der Waals surface area contributed by atoms with Gasteiger partial charge in [0.2, 0.25) is 0 Å². The largest absolute Gasteiger partial charge is 0.870 e. The molecule has 0 aliphatic carbocycles. The van der Waals surface area contributed by atoms with Crippen molar-refractivity contribution >= 4 is 9.90 Å². The van der Waals surface area contributed by atoms with Gasteiger partial charge in [-0.1, -0.05) is 6.07 Å². The summed E-state index contributed by atoms with van der Waals surface area (Å²) >= 11 is 0. The summed E-state index contributed by atoms with van der Waals surface area (Å²) in [4.78, 5) is 6.54. The second kappa shape index (κ2) is 10.3. The minimum absolute atomic E-state index is 0. The summed E-state index contributed by atoms with van der Waals surface area (Å²) in [6.45, 7) is 1.22. The summed E-state index contributed by atoms with van der Waals surface area (Å²) in [6.07, 6.45) is 6.41. The summed E-state index contributed by atoms with van der Waals surface area (Å²) in [5.74, 6) is 0. The first kappa shape index (κ1) is 21.4. The van der Waals surface area contributed by atoms with Crippen LogP contribution >= 0.6 is 9.90 Å². The Morgan fingerprint density at radius 2 is 2.12 bits per heavy atom. The fraction of sp³-hybridized carbons (Fsp3) is 0.500. The molecule has 0 aromatic carbocycles. The minimum Gasteiger partial charge on any atom is -0.870 e. The predicted molar refractivity (Wildman–Crippen MR) is 65.5 cm³/mol. The van der Waals surface area contributed by atoms with Crippen LogP contribution in [0.15, 0.2) is 24.5 Å². The molecule has 3 N–H and O–H groups in total. The summed E-state index contributed by atoms with van der Waals surface area (Å²) in [6, 6.07) is 4.79. The van der Waals surface area contributed by atoms with E-state index in [9.17, 15) is 0 Å². The molecule has 1 aliphatic rings. The van der Waals surface area contributed by atoms with Crippen molar-refractivity contribution in [3.63, 3.8) is 0 Å². The Bertz CT molecular complexity index is 264. The Kier molecular flexibility index (Phi) is 13.8. The topological polar surface area (TPSA) is 77.6 Å². The first-order chi connectivity index (χ1) is 5.88. The van der Waals surface area contributed by atoms with E-state index in [-0.39, 0.29) is 41.9 Å². The van der Waals surface area contributed by atoms with Crippen LogP contribution in [-0.2, 0) is 21.1 Å². The van der Waals surface area contributed by atoms with Crippen molar-refractivity contribution in [2.45, 2.75) is 18.9 Å². The molecular weight excluding hydrogens is 307 g/mol. The van der Waals surface area contributed by atoms with Crippen LogP contribution in [-0.4, -0.2) is 34.4 Å². The van der Waals surface area contributed by atoms with E-state index in [1.54, 1.807) is 0 Å². The van der Waals surface area contributed by atoms with Crippen LogP contribution in [0.25, 0.3) is 0 Å². The molecule has 0 saturated carbocycles. The average molecular weight is 327 g/mol. The number of hydrogen-bond donors (Lipinski definition) is 0. The van der Waals surface area contributed by atoms with Crippen LogP contribution in [0.4, 0.5) is 0 Å². The van der Waals surface area contributed by atoms with Crippen LogP contribution in [0.2, 0.25) is 0 Å². The third-order valence-electron chi connectivity index (χ3n) is 2.59. The van der Waals surface area contributed by atoms with E-state index < -0.39 is 0 Å². The van der Waals surface area contributed by atoms with Gasteiger partial charge in [0, 0.05) is 39.5 Å². The van der Waals surface area contributed by atoms with Gasteiger partial charge in [0.05, 0.1) is 0 Å². The third kappa shape index (κ3) is 4.99. The molecule has 1 aliphatic heterocycles. The van der Waals surface area contributed by atoms with E-state index in [1.165, 1.54) is 24.9 Å². The minimum atomic E-state index is 0. The van der Waals surface area contributed by atoms with E-state index in [4.69, 9.17) is 0 Å². The van der Waals surface area contributed by atoms with Gasteiger partial charge in [-0.25, -0.2) is 0 Å². The van der Waals surface area contributed by atoms with E-state index in [2.05, 4.69) is 23.0 Å². The van der Waals surface area contributed by atoms with Crippen molar-refractivity contribution in [1.29, 1.82) is 0 Å². The molecule has 1 unspecified atom stereocenters. The van der Waals surface area contributed by atoms with Crippen LogP contribution < -0.4 is 0 Å². The monoisotopic (exact) mass is 329 g/mol. The van der Waals surface area contributed by atoms with Crippen molar-refractivity contribution in [3.05, 3.63) is 30.1 Å². The van der Waals surface area contributed by atoms with Crippen LogP contribution in [0, 0.1) is 0 Å². The third-order valence-corrected chi connectivity index (χ3v) is 2.59. The van der Waals surface area contributed by atoms with Gasteiger partial charge in [-0.3, -0.25) is 9.88 Å². The molecule has 2 heterocycles. The molecule has 0 spiro atoms. The van der Waals surface area contributed by atoms with Crippen LogP contribution in [0.1, 0.15) is 24.4 Å². The number of likely N-dealkylation sites (tertiary alicyclic amines) is 1. The predicted octanol–water partition coefficient (Wildman–Crippen LogP) is 0.902. The smallest absolute Gasteiger partial charge is 0.0360 e. The second-order valence-corrected chi connectivity index (χ2v) is 3.42. The van der Waals surface area contributed by atoms with Crippen LogP contribution in [0.3, 0.4) is 0 Å². The van der Waals surface area contributed by atoms with Crippen molar-refractivity contribution < 1.29 is 32.0 Å². The molecule has 6 heteroatoms. The Morgan fingerprint density at radius 1 is 1.44 bits per heavy atom. The molecule has 0 radical (unpaired) electrons. The van der Waals surface area contributed by atoms with Gasteiger partial charge in [-0.2, -0.15) is 9.90 Å². The van der Waals surface area contributed by atoms with Crippen molar-refractivity contribution in [1.82, 2.24) is 9.88 Å². The summed E-state index contributed by atoms with van der Waals surface area (Å²) in [7, 11) is 2.19. The maximum atomic E-state index is 4.14. The SMILES string of the molecule is CN1CCC[C@H]1c1cccnc1.O.P.[Mo].[OH-]. The molecule has 94 valence electrons. The van der Waals surface area contributed by atoms with Gasteiger partial charge < -0.3 is 11.0 Å². The zero-order chi connectivity index (χ0) is 8.39. The van der Waals surface area contributed by atoms with E-state index in [0.717, 1.165) is 0 Å². The van der Waals surface area contributed by atoms with Gasteiger partial charge in [0.15, 0.2) is 0 Å². The molecule has 2 rings (SSSR count). The zero-order valence-corrected chi connectivity index (χ0v) is 12.9. The molecule has 16 heavy (non-hydrogen) atoms. The molecule has 1 saturated heterocycles. The maximum Gasteiger partial charge on any atom is 0.0360 e. The van der Waals surface area contributed by atoms with Gasteiger partial charge in [-0.05, 0) is 38.1 Å². The number of hydrogen-bond acceptors (Lipinski definition) is 3. The summed E-state index contributed by atoms with van der Waals surface area (Å²) in [5.41, 5.74) is 1.36. The quantitative estimate of drug-likeness (QED) is 0.568. The normalized spacial score (nSPS) is 18.4. The van der Waals surface area contributed by atoms with Gasteiger partial charge in [0.1, 0.15) is 0 Å². The van der Waals surface area contributed by atoms with E-state index >= 15 is 0 Å². The molecule has 0 bridgehead atoms. The molecular formula is C10H20MoN2O2P-. The Labute approximate surface area is 114 Å². The molecule has 1 aromatic rings. The molecule has 0 amide bonds. The van der Waals surface area contributed by atoms with Gasteiger partial charge in [0.25, 0.3) is 0 Å². The molecule has 2 atom stereocenters. The number of aromatic nitrogens is 1. The number of nitrogens with zero attached hydrogens (tertiary/aromatic N) is 2. The van der Waals surface area contributed by atoms with E-state index in [1.807, 2.05) is 18.5 Å². The zero-order valence-electron chi connectivity index (χ0n) is 9.47. The Morgan fingerprint density at radius 3 is 2.56 bits per heavy atom. The fourth-order valence-corrected chi connectivity index (χ4v) is 1.90. The van der Waals surface area contributed by atoms with Gasteiger partial charge >= 0.3 is 0 Å². The molecule has 4 nitrogen and oxygen atoms in total. The van der Waals surface area contributed by atoms with Crippen molar-refractivity contribution in [3.8, 4) is 0 Å². The van der Waals surface area contributed by atoms with E-state index in [0.29, 0.717) is 6.04 Å². The Hall–Kier alpha value is 0.148. The molecule has 1 fully saturated rings. The first-order valence-electron chi connectivity index (χ1n) is 4.48. The summed E-state index contributed by atoms with van der Waals surface area (Å²) < 4.78 is 0. The number of rotatable bonds is 1. The van der Waals surface area contributed by atoms with Gasteiger partial charge in [-0.15, -0.1) is 0 Å². The standard InChI is InChI=1S/C10H14N2.Mo.2H2O.H3P/c1-12-7-3-5-10(12)9-4-2-6-11-8-9;;;;/h2,4,6,8,10H,3,5,7H2,1H3;;2*1H2;1H3/p-1/t10-;;;;/m0..../s1. The first-order valence-corrected chi connectivity index (χ1v) is 4.48. The van der Waals surface area contributed by atoms with Crippen molar-refractivity contribution in [2.75, 3.05) is 13.6 Å². The van der Waals surface area contributed by atoms with Crippen molar-refractivity contribution in [2.24, 2.45) is 0 Å². The second-order valence-electron chi connectivity index (χ2n) is 3.42. The van der Waals surface area contributed by atoms with Crippen LogP contribution in [0.5, 0.6) is 0 Å². The number of pyridine rings is 1. The fourth-order valence-electron chi connectivity index (χ4n) is 1.90.